The zero-order valence-corrected chi connectivity index (χ0v) is 15.8. The number of urea groups is 1. The lowest BCUT2D eigenvalue weighted by molar-refractivity contribution is -0.131. The van der Waals surface area contributed by atoms with Gasteiger partial charge in [-0.15, -0.1) is 11.3 Å². The first-order chi connectivity index (χ1) is 13.0. The molecule has 0 saturated carbocycles. The Labute approximate surface area is 160 Å². The summed E-state index contributed by atoms with van der Waals surface area (Å²) in [7, 11) is 0. The number of nitrogens with zero attached hydrogens (tertiary/aromatic N) is 3. The number of hydrogen-bond donors (Lipinski definition) is 1. The van der Waals surface area contributed by atoms with Gasteiger partial charge in [-0.1, -0.05) is 35.9 Å². The molecular formula is C20H18N4O2S. The van der Waals surface area contributed by atoms with E-state index in [9.17, 15) is 9.59 Å². The minimum atomic E-state index is -1.06. The summed E-state index contributed by atoms with van der Waals surface area (Å²) in [5.74, 6) is -0.274. The molecule has 1 aromatic carbocycles. The average Bonchev–Trinajstić information content (AvgIpc) is 3.22. The lowest BCUT2D eigenvalue weighted by Crippen LogP contribution is -2.40. The van der Waals surface area contributed by atoms with Crippen molar-refractivity contribution in [2.45, 2.75) is 25.9 Å². The van der Waals surface area contributed by atoms with Crippen LogP contribution in [0.25, 0.3) is 10.7 Å². The third-order valence-electron chi connectivity index (χ3n) is 4.66. The third kappa shape index (κ3) is 3.10. The van der Waals surface area contributed by atoms with E-state index >= 15 is 0 Å². The van der Waals surface area contributed by atoms with Crippen LogP contribution in [0, 0.1) is 6.92 Å². The number of aromatic nitrogens is 2. The highest BCUT2D eigenvalue weighted by atomic mass is 32.1. The molecule has 0 radical (unpaired) electrons. The van der Waals surface area contributed by atoms with Crippen LogP contribution in [0.15, 0.2) is 54.0 Å². The predicted molar refractivity (Wildman–Crippen MR) is 103 cm³/mol. The number of pyridine rings is 1. The number of carbonyl (C=O) groups excluding carboxylic acids is 2. The van der Waals surface area contributed by atoms with Gasteiger partial charge in [0.25, 0.3) is 5.91 Å². The van der Waals surface area contributed by atoms with Crippen molar-refractivity contribution in [2.24, 2.45) is 0 Å². The first-order valence-corrected chi connectivity index (χ1v) is 9.42. The predicted octanol–water partition coefficient (Wildman–Crippen LogP) is 3.48. The molecule has 3 aromatic rings. The quantitative estimate of drug-likeness (QED) is 0.705. The second kappa shape index (κ2) is 6.59. The fourth-order valence-corrected chi connectivity index (χ4v) is 3.86. The van der Waals surface area contributed by atoms with Crippen molar-refractivity contribution in [1.82, 2.24) is 20.2 Å². The molecule has 1 aliphatic heterocycles. The van der Waals surface area contributed by atoms with Crippen molar-refractivity contribution in [3.8, 4) is 10.7 Å². The van der Waals surface area contributed by atoms with Crippen molar-refractivity contribution in [3.63, 3.8) is 0 Å². The van der Waals surface area contributed by atoms with Gasteiger partial charge in [-0.05, 0) is 31.5 Å². The van der Waals surface area contributed by atoms with Gasteiger partial charge in [0.15, 0.2) is 0 Å². The number of imide groups is 1. The Hall–Kier alpha value is -3.06. The standard InChI is InChI=1S/C20H18N4O2S/c1-13-6-8-14(9-7-13)20(2)18(25)24(19(26)23-20)11-15-12-27-17(22-15)16-5-3-4-10-21-16/h3-10,12H,11H2,1-2H3,(H,23,26). The summed E-state index contributed by atoms with van der Waals surface area (Å²) >= 11 is 1.44. The largest absolute Gasteiger partial charge is 0.325 e. The molecule has 6 nitrogen and oxygen atoms in total. The van der Waals surface area contributed by atoms with Crippen molar-refractivity contribution in [3.05, 3.63) is 70.9 Å². The van der Waals surface area contributed by atoms with Gasteiger partial charge in [0, 0.05) is 11.6 Å². The van der Waals surface area contributed by atoms with Gasteiger partial charge in [0.2, 0.25) is 0 Å². The van der Waals surface area contributed by atoms with E-state index < -0.39 is 11.6 Å². The number of amides is 3. The molecule has 136 valence electrons. The topological polar surface area (TPSA) is 75.2 Å². The highest BCUT2D eigenvalue weighted by Crippen LogP contribution is 2.30. The van der Waals surface area contributed by atoms with Gasteiger partial charge in [-0.2, -0.15) is 0 Å². The molecular weight excluding hydrogens is 360 g/mol. The number of aryl methyl sites for hydroxylation is 1. The summed E-state index contributed by atoms with van der Waals surface area (Å²) in [6, 6.07) is 12.8. The number of benzene rings is 1. The van der Waals surface area contributed by atoms with Gasteiger partial charge in [-0.3, -0.25) is 14.7 Å². The molecule has 1 fully saturated rings. The first kappa shape index (κ1) is 17.4. The SMILES string of the molecule is Cc1ccc(C2(C)NC(=O)N(Cc3csc(-c4ccccn4)n3)C2=O)cc1. The normalized spacial score (nSPS) is 19.4. The third-order valence-corrected chi connectivity index (χ3v) is 5.57. The zero-order valence-electron chi connectivity index (χ0n) is 15.0. The molecule has 3 amide bonds. The lowest BCUT2D eigenvalue weighted by Gasteiger charge is -2.22. The van der Waals surface area contributed by atoms with E-state index in [2.05, 4.69) is 15.3 Å². The van der Waals surface area contributed by atoms with Gasteiger partial charge in [0.1, 0.15) is 10.5 Å². The van der Waals surface area contributed by atoms with Crippen LogP contribution in [0.4, 0.5) is 4.79 Å². The summed E-state index contributed by atoms with van der Waals surface area (Å²) in [6.45, 7) is 3.85. The number of hydrogen-bond acceptors (Lipinski definition) is 5. The van der Waals surface area contributed by atoms with Gasteiger partial charge in [-0.25, -0.2) is 9.78 Å². The smallest absolute Gasteiger partial charge is 0.319 e. The molecule has 1 aliphatic rings. The number of carbonyl (C=O) groups is 2. The molecule has 3 heterocycles. The van der Waals surface area contributed by atoms with Crippen LogP contribution in [-0.2, 0) is 16.9 Å². The maximum atomic E-state index is 13.0. The average molecular weight is 378 g/mol. The van der Waals surface area contributed by atoms with Gasteiger partial charge < -0.3 is 5.32 Å². The minimum Gasteiger partial charge on any atom is -0.319 e. The Bertz CT molecular complexity index is 1000. The zero-order chi connectivity index (χ0) is 19.0. The van der Waals surface area contributed by atoms with Crippen LogP contribution >= 0.6 is 11.3 Å². The summed E-state index contributed by atoms with van der Waals surface area (Å²) in [5.41, 5.74) is 2.24. The second-order valence-electron chi connectivity index (χ2n) is 6.67. The maximum Gasteiger partial charge on any atom is 0.325 e. The summed E-state index contributed by atoms with van der Waals surface area (Å²) in [5, 5.41) is 5.44. The minimum absolute atomic E-state index is 0.134. The van der Waals surface area contributed by atoms with Crippen LogP contribution in [0.1, 0.15) is 23.7 Å². The van der Waals surface area contributed by atoms with Crippen molar-refractivity contribution in [1.29, 1.82) is 0 Å². The molecule has 2 aromatic heterocycles. The fourth-order valence-electron chi connectivity index (χ4n) is 3.07. The van der Waals surface area contributed by atoms with Crippen LogP contribution in [0.2, 0.25) is 0 Å². The van der Waals surface area contributed by atoms with E-state index in [1.165, 1.54) is 16.2 Å². The van der Waals surface area contributed by atoms with Crippen molar-refractivity contribution >= 4 is 23.3 Å². The monoisotopic (exact) mass is 378 g/mol. The number of rotatable bonds is 4. The second-order valence-corrected chi connectivity index (χ2v) is 7.53. The maximum absolute atomic E-state index is 13.0. The lowest BCUT2D eigenvalue weighted by atomic mass is 9.91. The van der Waals surface area contributed by atoms with Crippen molar-refractivity contribution in [2.75, 3.05) is 0 Å². The molecule has 1 atom stereocenters. The van der Waals surface area contributed by atoms with Crippen LogP contribution in [-0.4, -0.2) is 26.8 Å². The van der Waals surface area contributed by atoms with E-state index in [-0.39, 0.29) is 12.5 Å². The van der Waals surface area contributed by atoms with Crippen LogP contribution in [0.3, 0.4) is 0 Å². The Balaban J connectivity index is 1.56. The highest BCUT2D eigenvalue weighted by molar-refractivity contribution is 7.13. The fraction of sp³-hybridized carbons (Fsp3) is 0.200. The number of nitrogens with one attached hydrogen (secondary N) is 1. The van der Waals surface area contributed by atoms with E-state index in [0.717, 1.165) is 21.8 Å². The first-order valence-electron chi connectivity index (χ1n) is 8.54. The summed E-state index contributed by atoms with van der Waals surface area (Å²) in [4.78, 5) is 35.5. The molecule has 1 saturated heterocycles. The molecule has 0 bridgehead atoms. The number of thiazole rings is 1. The molecule has 27 heavy (non-hydrogen) atoms. The van der Waals surface area contributed by atoms with E-state index in [1.54, 1.807) is 13.1 Å². The van der Waals surface area contributed by atoms with E-state index in [1.807, 2.05) is 54.8 Å². The molecule has 0 aliphatic carbocycles. The Kier molecular flexibility index (Phi) is 4.24. The van der Waals surface area contributed by atoms with E-state index in [0.29, 0.717) is 5.69 Å². The molecule has 1 unspecified atom stereocenters. The summed E-state index contributed by atoms with van der Waals surface area (Å²) < 4.78 is 0. The van der Waals surface area contributed by atoms with Crippen LogP contribution < -0.4 is 5.32 Å². The molecule has 4 rings (SSSR count). The van der Waals surface area contributed by atoms with E-state index in [4.69, 9.17) is 0 Å². The molecule has 0 spiro atoms. The molecule has 7 heteroatoms. The Morgan fingerprint density at radius 3 is 2.63 bits per heavy atom. The highest BCUT2D eigenvalue weighted by Gasteiger charge is 2.49. The van der Waals surface area contributed by atoms with Crippen molar-refractivity contribution < 1.29 is 9.59 Å². The molecule has 1 N–H and O–H groups in total. The van der Waals surface area contributed by atoms with Gasteiger partial charge >= 0.3 is 6.03 Å². The van der Waals surface area contributed by atoms with Gasteiger partial charge in [0.05, 0.1) is 17.9 Å². The van der Waals surface area contributed by atoms with Crippen LogP contribution in [0.5, 0.6) is 0 Å². The summed E-state index contributed by atoms with van der Waals surface area (Å²) in [6.07, 6.45) is 1.71. The Morgan fingerprint density at radius 1 is 1.15 bits per heavy atom. The Morgan fingerprint density at radius 2 is 1.93 bits per heavy atom.